The molecule has 1 aromatic carbocycles. The molecule has 1 unspecified atom stereocenters. The highest BCUT2D eigenvalue weighted by atomic mass is 16.5. The van der Waals surface area contributed by atoms with Crippen LogP contribution in [0.25, 0.3) is 0 Å². The molecule has 1 N–H and O–H groups in total. The summed E-state index contributed by atoms with van der Waals surface area (Å²) in [4.78, 5) is 12.4. The van der Waals surface area contributed by atoms with Gasteiger partial charge in [0.05, 0.1) is 12.1 Å². The van der Waals surface area contributed by atoms with Crippen molar-refractivity contribution < 1.29 is 9.53 Å². The Morgan fingerprint density at radius 2 is 2.30 bits per heavy atom. The Balaban J connectivity index is 1.60. The molecule has 1 saturated heterocycles. The maximum atomic E-state index is 12.4. The number of piperidine rings is 1. The predicted octanol–water partition coefficient (Wildman–Crippen LogP) is 2.66. The number of Topliss-reactive ketones (excluding diaryl/α,β-unsaturated/α-hetero) is 1. The van der Waals surface area contributed by atoms with Gasteiger partial charge < -0.3 is 10.1 Å². The number of carbonyl (C=O) groups is 1. The Bertz CT molecular complexity index is 504. The van der Waals surface area contributed by atoms with E-state index in [0.717, 1.165) is 44.6 Å². The lowest BCUT2D eigenvalue weighted by Crippen LogP contribution is -2.52. The summed E-state index contributed by atoms with van der Waals surface area (Å²) in [6, 6.07) is 6.34. The van der Waals surface area contributed by atoms with Crippen molar-refractivity contribution in [2.75, 3.05) is 13.2 Å². The fourth-order valence-corrected chi connectivity index (χ4v) is 3.22. The third-order valence-electron chi connectivity index (χ3n) is 4.63. The van der Waals surface area contributed by atoms with Gasteiger partial charge in [0.25, 0.3) is 0 Å². The number of rotatable bonds is 4. The van der Waals surface area contributed by atoms with E-state index in [4.69, 9.17) is 4.74 Å². The molecule has 108 valence electrons. The van der Waals surface area contributed by atoms with Gasteiger partial charge in [0.2, 0.25) is 0 Å². The first-order valence-corrected chi connectivity index (χ1v) is 7.70. The molecule has 1 aromatic rings. The smallest absolute Gasteiger partial charge is 0.152 e. The maximum absolute atomic E-state index is 12.4. The van der Waals surface area contributed by atoms with Crippen LogP contribution >= 0.6 is 0 Å². The van der Waals surface area contributed by atoms with Gasteiger partial charge in [-0.05, 0) is 56.3 Å². The summed E-state index contributed by atoms with van der Waals surface area (Å²) in [5.41, 5.74) is 2.25. The molecule has 2 aliphatic rings. The summed E-state index contributed by atoms with van der Waals surface area (Å²) in [5, 5.41) is 3.40. The number of hydrogen-bond donors (Lipinski definition) is 1. The van der Waals surface area contributed by atoms with Crippen LogP contribution < -0.4 is 10.1 Å². The lowest BCUT2D eigenvalue weighted by atomic mass is 9.84. The molecule has 2 aliphatic heterocycles. The molecule has 0 aromatic heterocycles. The van der Waals surface area contributed by atoms with Crippen LogP contribution in [-0.4, -0.2) is 24.5 Å². The topological polar surface area (TPSA) is 38.3 Å². The van der Waals surface area contributed by atoms with Crippen molar-refractivity contribution in [2.24, 2.45) is 0 Å². The fourth-order valence-electron chi connectivity index (χ4n) is 3.22. The molecule has 2 heterocycles. The summed E-state index contributed by atoms with van der Waals surface area (Å²) < 4.78 is 5.51. The maximum Gasteiger partial charge on any atom is 0.152 e. The number of ketones is 1. The molecule has 20 heavy (non-hydrogen) atoms. The van der Waals surface area contributed by atoms with Crippen molar-refractivity contribution in [1.82, 2.24) is 5.32 Å². The zero-order valence-corrected chi connectivity index (χ0v) is 12.2. The quantitative estimate of drug-likeness (QED) is 0.916. The van der Waals surface area contributed by atoms with E-state index < -0.39 is 0 Å². The molecule has 1 fully saturated rings. The van der Waals surface area contributed by atoms with Gasteiger partial charge in [-0.15, -0.1) is 0 Å². The summed E-state index contributed by atoms with van der Waals surface area (Å²) in [6.45, 7) is 3.82. The SMILES string of the molecule is CC1(C(=O)CCc2ccc3c(c2)CCO3)CCCCN1. The van der Waals surface area contributed by atoms with Crippen LogP contribution in [0.3, 0.4) is 0 Å². The second kappa shape index (κ2) is 5.57. The first-order chi connectivity index (χ1) is 9.67. The van der Waals surface area contributed by atoms with Gasteiger partial charge in [0.15, 0.2) is 5.78 Å². The number of aryl methyl sites for hydroxylation is 1. The predicted molar refractivity (Wildman–Crippen MR) is 79.2 cm³/mol. The molecule has 1 atom stereocenters. The van der Waals surface area contributed by atoms with Gasteiger partial charge >= 0.3 is 0 Å². The van der Waals surface area contributed by atoms with Crippen LogP contribution in [0.5, 0.6) is 5.75 Å². The monoisotopic (exact) mass is 273 g/mol. The number of fused-ring (bicyclic) bond motifs is 1. The molecule has 3 heteroatoms. The van der Waals surface area contributed by atoms with Crippen molar-refractivity contribution in [2.45, 2.75) is 51.0 Å². The van der Waals surface area contributed by atoms with Crippen molar-refractivity contribution in [3.8, 4) is 5.75 Å². The van der Waals surface area contributed by atoms with Gasteiger partial charge in [-0.2, -0.15) is 0 Å². The highest BCUT2D eigenvalue weighted by Gasteiger charge is 2.33. The summed E-state index contributed by atoms with van der Waals surface area (Å²) in [6.07, 6.45) is 5.78. The molecule has 0 spiro atoms. The van der Waals surface area contributed by atoms with E-state index in [1.807, 2.05) is 6.07 Å². The molecular weight excluding hydrogens is 250 g/mol. The standard InChI is InChI=1S/C17H23NO2/c1-17(9-2-3-10-18-17)16(19)7-5-13-4-6-15-14(12-13)8-11-20-15/h4,6,12,18H,2-3,5,7-11H2,1H3. The minimum absolute atomic E-state index is 0.294. The lowest BCUT2D eigenvalue weighted by Gasteiger charge is -2.33. The van der Waals surface area contributed by atoms with Gasteiger partial charge in [-0.25, -0.2) is 0 Å². The van der Waals surface area contributed by atoms with Gasteiger partial charge in [-0.3, -0.25) is 4.79 Å². The molecule has 0 aliphatic carbocycles. The Kier molecular flexibility index (Phi) is 3.79. The Hall–Kier alpha value is -1.35. The molecule has 3 nitrogen and oxygen atoms in total. The third-order valence-corrected chi connectivity index (χ3v) is 4.63. The Labute approximate surface area is 120 Å². The minimum atomic E-state index is -0.294. The lowest BCUT2D eigenvalue weighted by molar-refractivity contribution is -0.125. The van der Waals surface area contributed by atoms with Crippen LogP contribution in [0.1, 0.15) is 43.7 Å². The number of hydrogen-bond acceptors (Lipinski definition) is 3. The molecule has 0 bridgehead atoms. The van der Waals surface area contributed by atoms with E-state index in [2.05, 4.69) is 24.4 Å². The molecule has 0 radical (unpaired) electrons. The summed E-state index contributed by atoms with van der Waals surface area (Å²) in [7, 11) is 0. The van der Waals surface area contributed by atoms with E-state index in [9.17, 15) is 4.79 Å². The van der Waals surface area contributed by atoms with E-state index in [1.165, 1.54) is 17.5 Å². The van der Waals surface area contributed by atoms with Crippen LogP contribution in [0, 0.1) is 0 Å². The second-order valence-corrected chi connectivity index (χ2v) is 6.18. The summed E-state index contributed by atoms with van der Waals surface area (Å²) >= 11 is 0. The van der Waals surface area contributed by atoms with E-state index in [0.29, 0.717) is 12.2 Å². The second-order valence-electron chi connectivity index (χ2n) is 6.18. The molecule has 0 saturated carbocycles. The van der Waals surface area contributed by atoms with Crippen molar-refractivity contribution in [3.63, 3.8) is 0 Å². The van der Waals surface area contributed by atoms with Gasteiger partial charge in [0.1, 0.15) is 5.75 Å². The van der Waals surface area contributed by atoms with E-state index >= 15 is 0 Å². The average Bonchev–Trinajstić information content (AvgIpc) is 2.93. The van der Waals surface area contributed by atoms with Crippen LogP contribution in [0.4, 0.5) is 0 Å². The minimum Gasteiger partial charge on any atom is -0.493 e. The van der Waals surface area contributed by atoms with Crippen LogP contribution in [0.15, 0.2) is 18.2 Å². The number of carbonyl (C=O) groups excluding carboxylic acids is 1. The average molecular weight is 273 g/mol. The normalized spacial score (nSPS) is 25.1. The molecule has 0 amide bonds. The van der Waals surface area contributed by atoms with Crippen molar-refractivity contribution in [3.05, 3.63) is 29.3 Å². The van der Waals surface area contributed by atoms with Crippen LogP contribution in [0.2, 0.25) is 0 Å². The largest absolute Gasteiger partial charge is 0.493 e. The fraction of sp³-hybridized carbons (Fsp3) is 0.588. The number of benzene rings is 1. The Morgan fingerprint density at radius 3 is 3.10 bits per heavy atom. The van der Waals surface area contributed by atoms with Crippen molar-refractivity contribution in [1.29, 1.82) is 0 Å². The highest BCUT2D eigenvalue weighted by molar-refractivity contribution is 5.88. The first kappa shape index (κ1) is 13.6. The van der Waals surface area contributed by atoms with Crippen LogP contribution in [-0.2, 0) is 17.6 Å². The van der Waals surface area contributed by atoms with E-state index in [-0.39, 0.29) is 5.54 Å². The molecular formula is C17H23NO2. The van der Waals surface area contributed by atoms with Crippen molar-refractivity contribution >= 4 is 5.78 Å². The number of nitrogens with one attached hydrogen (secondary N) is 1. The summed E-state index contributed by atoms with van der Waals surface area (Å²) in [5.74, 6) is 1.37. The zero-order valence-electron chi connectivity index (χ0n) is 12.2. The first-order valence-electron chi connectivity index (χ1n) is 7.70. The number of ether oxygens (including phenoxy) is 1. The zero-order chi connectivity index (χ0) is 14.0. The highest BCUT2D eigenvalue weighted by Crippen LogP contribution is 2.27. The third kappa shape index (κ3) is 2.73. The van der Waals surface area contributed by atoms with Gasteiger partial charge in [0, 0.05) is 12.8 Å². The Morgan fingerprint density at radius 1 is 1.40 bits per heavy atom. The van der Waals surface area contributed by atoms with E-state index in [1.54, 1.807) is 0 Å². The molecule has 3 rings (SSSR count). The van der Waals surface area contributed by atoms with Gasteiger partial charge in [-0.1, -0.05) is 12.1 Å².